The molecule has 0 aliphatic carbocycles. The fraction of sp³-hybridized carbons (Fsp3) is 0.100. The van der Waals surface area contributed by atoms with Gasteiger partial charge in [0.25, 0.3) is 0 Å². The highest BCUT2D eigenvalue weighted by atomic mass is 127. The maximum absolute atomic E-state index is 4.39. The van der Waals surface area contributed by atoms with E-state index in [1.54, 1.807) is 0 Å². The highest BCUT2D eigenvalue weighted by Gasteiger charge is 2.03. The molecular weight excluding hydrogens is 275 g/mol. The van der Waals surface area contributed by atoms with E-state index in [-0.39, 0.29) is 0 Å². The normalized spacial score (nSPS) is 10.3. The maximum atomic E-state index is 4.39. The Balaban J connectivity index is 2.48. The molecule has 0 radical (unpaired) electrons. The second-order valence-corrected chi connectivity index (χ2v) is 3.95. The first kappa shape index (κ1) is 8.74. The van der Waals surface area contributed by atoms with E-state index in [1.807, 2.05) is 29.9 Å². The lowest BCUT2D eigenvalue weighted by molar-refractivity contribution is 0.750. The molecule has 0 amide bonds. The van der Waals surface area contributed by atoms with Crippen LogP contribution in [0.2, 0.25) is 0 Å². The van der Waals surface area contributed by atoms with Crippen LogP contribution in [0.1, 0.15) is 0 Å². The molecule has 3 heteroatoms. The number of hydrogen-bond donors (Lipinski definition) is 0. The molecule has 0 saturated carbocycles. The monoisotopic (exact) mass is 284 g/mol. The van der Waals surface area contributed by atoms with Gasteiger partial charge in [0.1, 0.15) is 0 Å². The number of rotatable bonds is 1. The largest absolute Gasteiger partial charge is 0.262 e. The molecule has 0 N–H and O–H groups in total. The Morgan fingerprint density at radius 2 is 1.92 bits per heavy atom. The molecule has 2 nitrogen and oxygen atoms in total. The Hall–Kier alpha value is -0.840. The van der Waals surface area contributed by atoms with Crippen LogP contribution in [-0.4, -0.2) is 9.78 Å². The summed E-state index contributed by atoms with van der Waals surface area (Å²) in [7, 11) is 1.95. The number of benzene rings is 1. The van der Waals surface area contributed by atoms with Gasteiger partial charge in [-0.2, -0.15) is 5.10 Å². The third-order valence-corrected chi connectivity index (χ3v) is 2.90. The van der Waals surface area contributed by atoms with Crippen LogP contribution in [-0.2, 0) is 7.05 Å². The molecule has 0 bridgehead atoms. The average molecular weight is 284 g/mol. The van der Waals surface area contributed by atoms with Gasteiger partial charge in [-0.1, -0.05) is 30.3 Å². The summed E-state index contributed by atoms with van der Waals surface area (Å²) in [6.07, 6.45) is 0. The maximum Gasteiger partial charge on any atom is 0.0992 e. The van der Waals surface area contributed by atoms with Crippen LogP contribution in [0.5, 0.6) is 0 Å². The minimum atomic E-state index is 1.03. The van der Waals surface area contributed by atoms with Gasteiger partial charge in [-0.3, -0.25) is 4.68 Å². The molecule has 13 heavy (non-hydrogen) atoms. The molecule has 0 unspecified atom stereocenters. The van der Waals surface area contributed by atoms with Crippen LogP contribution in [0.3, 0.4) is 0 Å². The van der Waals surface area contributed by atoms with Crippen LogP contribution < -0.4 is 0 Å². The summed E-state index contributed by atoms with van der Waals surface area (Å²) >= 11 is 2.27. The van der Waals surface area contributed by atoms with Gasteiger partial charge in [-0.05, 0) is 28.7 Å². The lowest BCUT2D eigenvalue weighted by atomic mass is 10.2. The summed E-state index contributed by atoms with van der Waals surface area (Å²) in [5.41, 5.74) is 2.20. The van der Waals surface area contributed by atoms with Gasteiger partial charge in [0.05, 0.1) is 9.39 Å². The highest BCUT2D eigenvalue weighted by Crippen LogP contribution is 2.18. The van der Waals surface area contributed by atoms with Crippen molar-refractivity contribution in [2.45, 2.75) is 0 Å². The van der Waals surface area contributed by atoms with Crippen LogP contribution in [0, 0.1) is 3.70 Å². The van der Waals surface area contributed by atoms with E-state index in [0.29, 0.717) is 0 Å². The Labute approximate surface area is 90.7 Å². The van der Waals surface area contributed by atoms with Crippen molar-refractivity contribution >= 4 is 22.6 Å². The minimum Gasteiger partial charge on any atom is -0.262 e. The van der Waals surface area contributed by atoms with E-state index in [4.69, 9.17) is 0 Å². The number of hydrogen-bond acceptors (Lipinski definition) is 1. The standard InChI is InChI=1S/C10H9IN2/c1-13-10(11)7-9(12-13)8-5-3-2-4-6-8/h2-7H,1H3. The molecule has 0 aliphatic heterocycles. The van der Waals surface area contributed by atoms with Crippen molar-refractivity contribution < 1.29 is 0 Å². The van der Waals surface area contributed by atoms with E-state index < -0.39 is 0 Å². The molecule has 2 rings (SSSR count). The lowest BCUT2D eigenvalue weighted by Gasteiger charge is -1.93. The molecule has 0 spiro atoms. The summed E-state index contributed by atoms with van der Waals surface area (Å²) in [6, 6.07) is 12.3. The molecule has 0 aliphatic rings. The van der Waals surface area contributed by atoms with Gasteiger partial charge in [0, 0.05) is 12.6 Å². The highest BCUT2D eigenvalue weighted by molar-refractivity contribution is 14.1. The summed E-state index contributed by atoms with van der Waals surface area (Å²) in [5, 5.41) is 4.39. The van der Waals surface area contributed by atoms with E-state index in [1.165, 1.54) is 5.56 Å². The minimum absolute atomic E-state index is 1.03. The van der Waals surface area contributed by atoms with Crippen molar-refractivity contribution in [3.63, 3.8) is 0 Å². The summed E-state index contributed by atoms with van der Waals surface area (Å²) in [6.45, 7) is 0. The molecule has 66 valence electrons. The number of halogens is 1. The second-order valence-electron chi connectivity index (χ2n) is 2.84. The molecule has 1 aromatic carbocycles. The number of aryl methyl sites for hydroxylation is 1. The topological polar surface area (TPSA) is 17.8 Å². The summed E-state index contributed by atoms with van der Waals surface area (Å²) in [4.78, 5) is 0. The van der Waals surface area contributed by atoms with Crippen LogP contribution in [0.15, 0.2) is 36.4 Å². The molecule has 2 aromatic rings. The fourth-order valence-corrected chi connectivity index (χ4v) is 1.60. The van der Waals surface area contributed by atoms with Crippen molar-refractivity contribution in [2.75, 3.05) is 0 Å². The van der Waals surface area contributed by atoms with Gasteiger partial charge in [-0.25, -0.2) is 0 Å². The first-order valence-corrected chi connectivity index (χ1v) is 5.10. The second kappa shape index (κ2) is 3.49. The van der Waals surface area contributed by atoms with E-state index in [2.05, 4.69) is 45.9 Å². The van der Waals surface area contributed by atoms with Crippen LogP contribution >= 0.6 is 22.6 Å². The Morgan fingerprint density at radius 1 is 1.23 bits per heavy atom. The van der Waals surface area contributed by atoms with E-state index >= 15 is 0 Å². The predicted octanol–water partition coefficient (Wildman–Crippen LogP) is 2.69. The van der Waals surface area contributed by atoms with Crippen molar-refractivity contribution in [1.82, 2.24) is 9.78 Å². The van der Waals surface area contributed by atoms with Crippen LogP contribution in [0.4, 0.5) is 0 Å². The van der Waals surface area contributed by atoms with E-state index in [9.17, 15) is 0 Å². The Kier molecular flexibility index (Phi) is 2.35. The molecule has 0 saturated heterocycles. The quantitative estimate of drug-likeness (QED) is 0.736. The van der Waals surface area contributed by atoms with Crippen molar-refractivity contribution in [1.29, 1.82) is 0 Å². The predicted molar refractivity (Wildman–Crippen MR) is 61.4 cm³/mol. The zero-order chi connectivity index (χ0) is 9.26. The SMILES string of the molecule is Cn1nc(-c2ccccc2)cc1I. The van der Waals surface area contributed by atoms with Crippen LogP contribution in [0.25, 0.3) is 11.3 Å². The lowest BCUT2D eigenvalue weighted by Crippen LogP contribution is -1.91. The third kappa shape index (κ3) is 1.75. The van der Waals surface area contributed by atoms with Gasteiger partial charge < -0.3 is 0 Å². The van der Waals surface area contributed by atoms with Crippen molar-refractivity contribution in [2.24, 2.45) is 7.05 Å². The molecule has 0 atom stereocenters. The Morgan fingerprint density at radius 3 is 2.46 bits per heavy atom. The van der Waals surface area contributed by atoms with Gasteiger partial charge in [-0.15, -0.1) is 0 Å². The van der Waals surface area contributed by atoms with Gasteiger partial charge in [0.15, 0.2) is 0 Å². The molecule has 1 aromatic heterocycles. The van der Waals surface area contributed by atoms with Gasteiger partial charge in [0.2, 0.25) is 0 Å². The summed E-state index contributed by atoms with van der Waals surface area (Å²) < 4.78 is 3.03. The first-order valence-electron chi connectivity index (χ1n) is 4.02. The molecule has 0 fully saturated rings. The summed E-state index contributed by atoms with van der Waals surface area (Å²) in [5.74, 6) is 0. The Bertz CT molecular complexity index is 387. The van der Waals surface area contributed by atoms with Crippen molar-refractivity contribution in [3.05, 3.63) is 40.1 Å². The smallest absolute Gasteiger partial charge is 0.0992 e. The zero-order valence-electron chi connectivity index (χ0n) is 7.24. The van der Waals surface area contributed by atoms with Crippen molar-refractivity contribution in [3.8, 4) is 11.3 Å². The third-order valence-electron chi connectivity index (χ3n) is 1.89. The molecular formula is C10H9IN2. The molecule has 1 heterocycles. The zero-order valence-corrected chi connectivity index (χ0v) is 9.39. The number of nitrogens with zero attached hydrogens (tertiary/aromatic N) is 2. The van der Waals surface area contributed by atoms with E-state index in [0.717, 1.165) is 9.39 Å². The number of aromatic nitrogens is 2. The first-order chi connectivity index (χ1) is 6.27. The fourth-order valence-electron chi connectivity index (χ4n) is 1.19. The average Bonchev–Trinajstić information content (AvgIpc) is 2.49. The van der Waals surface area contributed by atoms with Gasteiger partial charge >= 0.3 is 0 Å².